The molecule has 5 nitrogen and oxygen atoms in total. The highest BCUT2D eigenvalue weighted by Crippen LogP contribution is 2.12. The van der Waals surface area contributed by atoms with Crippen molar-refractivity contribution < 1.29 is 9.59 Å². The molecule has 1 aromatic rings. The zero-order valence-electron chi connectivity index (χ0n) is 12.3. The summed E-state index contributed by atoms with van der Waals surface area (Å²) in [6.45, 7) is 2.61. The first-order chi connectivity index (χ1) is 9.43. The van der Waals surface area contributed by atoms with Crippen molar-refractivity contribution in [2.75, 3.05) is 26.0 Å². The Morgan fingerprint density at radius 2 is 1.85 bits per heavy atom. The lowest BCUT2D eigenvalue weighted by Crippen LogP contribution is -2.21. The highest BCUT2D eigenvalue weighted by atomic mass is 16.2. The van der Waals surface area contributed by atoms with Crippen molar-refractivity contribution in [2.45, 2.75) is 19.8 Å². The van der Waals surface area contributed by atoms with Crippen LogP contribution in [0.4, 0.5) is 5.69 Å². The number of nitrogens with one attached hydrogen (secondary N) is 1. The first-order valence-electron chi connectivity index (χ1n) is 6.75. The van der Waals surface area contributed by atoms with Crippen LogP contribution in [-0.2, 0) is 4.79 Å². The van der Waals surface area contributed by atoms with Gasteiger partial charge in [-0.2, -0.15) is 0 Å². The molecule has 0 aliphatic heterocycles. The van der Waals surface area contributed by atoms with Gasteiger partial charge in [0.1, 0.15) is 0 Å². The second-order valence-electron chi connectivity index (χ2n) is 5.20. The van der Waals surface area contributed by atoms with Crippen LogP contribution in [0.3, 0.4) is 0 Å². The first kappa shape index (κ1) is 16.2. The summed E-state index contributed by atoms with van der Waals surface area (Å²) < 4.78 is 0. The normalized spacial score (nSPS) is 11.8. The fraction of sp³-hybridized carbons (Fsp3) is 0.467. The van der Waals surface area contributed by atoms with Crippen molar-refractivity contribution in [3.05, 3.63) is 29.8 Å². The molecule has 0 radical (unpaired) electrons. The molecule has 110 valence electrons. The number of rotatable bonds is 6. The monoisotopic (exact) mass is 277 g/mol. The molecule has 0 aliphatic carbocycles. The Morgan fingerprint density at radius 1 is 1.25 bits per heavy atom. The largest absolute Gasteiger partial charge is 0.345 e. The van der Waals surface area contributed by atoms with Gasteiger partial charge in [-0.05, 0) is 43.1 Å². The Kier molecular flexibility index (Phi) is 6.18. The van der Waals surface area contributed by atoms with E-state index in [2.05, 4.69) is 5.32 Å². The number of benzene rings is 1. The summed E-state index contributed by atoms with van der Waals surface area (Å²) in [5, 5.41) is 2.81. The van der Waals surface area contributed by atoms with Gasteiger partial charge in [-0.3, -0.25) is 9.59 Å². The van der Waals surface area contributed by atoms with Gasteiger partial charge >= 0.3 is 0 Å². The molecule has 3 N–H and O–H groups in total. The molecule has 1 unspecified atom stereocenters. The third kappa shape index (κ3) is 5.01. The van der Waals surface area contributed by atoms with Crippen LogP contribution in [0.15, 0.2) is 24.3 Å². The van der Waals surface area contributed by atoms with E-state index in [1.165, 1.54) is 4.90 Å². The van der Waals surface area contributed by atoms with Gasteiger partial charge in [0, 0.05) is 31.8 Å². The van der Waals surface area contributed by atoms with E-state index in [4.69, 9.17) is 5.73 Å². The second kappa shape index (κ2) is 7.65. The average molecular weight is 277 g/mol. The summed E-state index contributed by atoms with van der Waals surface area (Å²) >= 11 is 0. The smallest absolute Gasteiger partial charge is 0.253 e. The van der Waals surface area contributed by atoms with Crippen molar-refractivity contribution in [2.24, 2.45) is 11.7 Å². The Balaban J connectivity index is 2.53. The van der Waals surface area contributed by atoms with Crippen LogP contribution < -0.4 is 11.1 Å². The molecule has 5 heteroatoms. The van der Waals surface area contributed by atoms with Gasteiger partial charge in [0.05, 0.1) is 0 Å². The van der Waals surface area contributed by atoms with Crippen molar-refractivity contribution in [3.8, 4) is 0 Å². The molecule has 0 saturated heterocycles. The molecule has 1 rings (SSSR count). The minimum absolute atomic E-state index is 0.0306. The van der Waals surface area contributed by atoms with Crippen molar-refractivity contribution >= 4 is 17.5 Å². The number of nitrogens with zero attached hydrogens (tertiary/aromatic N) is 1. The number of hydrogen-bond donors (Lipinski definition) is 2. The molecular weight excluding hydrogens is 254 g/mol. The van der Waals surface area contributed by atoms with Crippen LogP contribution in [0, 0.1) is 5.92 Å². The minimum Gasteiger partial charge on any atom is -0.345 e. The van der Waals surface area contributed by atoms with Gasteiger partial charge in [0.15, 0.2) is 0 Å². The van der Waals surface area contributed by atoms with E-state index in [1.54, 1.807) is 38.4 Å². The first-order valence-corrected chi connectivity index (χ1v) is 6.75. The fourth-order valence-corrected chi connectivity index (χ4v) is 1.67. The Bertz CT molecular complexity index is 455. The summed E-state index contributed by atoms with van der Waals surface area (Å²) in [5.74, 6) is 0.262. The third-order valence-electron chi connectivity index (χ3n) is 3.09. The number of anilines is 1. The van der Waals surface area contributed by atoms with Gasteiger partial charge in [0.2, 0.25) is 5.91 Å². The fourth-order valence-electron chi connectivity index (χ4n) is 1.67. The highest BCUT2D eigenvalue weighted by Gasteiger charge is 2.09. The molecule has 0 aromatic heterocycles. The maximum absolute atomic E-state index is 11.7. The minimum atomic E-state index is -0.0559. The standard InChI is InChI=1S/C15H23N3O2/c1-11(10-16)4-9-14(19)17-13-7-5-12(6-8-13)15(20)18(2)3/h5-8,11H,4,9-10,16H2,1-3H3,(H,17,19). The van der Waals surface area contributed by atoms with Crippen LogP contribution in [0.25, 0.3) is 0 Å². The molecule has 0 heterocycles. The predicted molar refractivity (Wildman–Crippen MR) is 80.5 cm³/mol. The van der Waals surface area contributed by atoms with Gasteiger partial charge < -0.3 is 16.0 Å². The van der Waals surface area contributed by atoms with Gasteiger partial charge in [-0.25, -0.2) is 0 Å². The van der Waals surface area contributed by atoms with Crippen LogP contribution in [0.1, 0.15) is 30.1 Å². The summed E-state index contributed by atoms with van der Waals surface area (Å²) in [6.07, 6.45) is 1.23. The number of nitrogens with two attached hydrogens (primary N) is 1. The van der Waals surface area contributed by atoms with E-state index >= 15 is 0 Å². The summed E-state index contributed by atoms with van der Waals surface area (Å²) in [5.41, 5.74) is 6.81. The zero-order chi connectivity index (χ0) is 15.1. The summed E-state index contributed by atoms with van der Waals surface area (Å²) in [4.78, 5) is 25.0. The van der Waals surface area contributed by atoms with Gasteiger partial charge in [-0.15, -0.1) is 0 Å². The lowest BCUT2D eigenvalue weighted by Gasteiger charge is -2.11. The molecular formula is C15H23N3O2. The Labute approximate surface area is 120 Å². The maximum atomic E-state index is 11.7. The zero-order valence-corrected chi connectivity index (χ0v) is 12.3. The molecule has 20 heavy (non-hydrogen) atoms. The van der Waals surface area contributed by atoms with Crippen LogP contribution in [-0.4, -0.2) is 37.4 Å². The highest BCUT2D eigenvalue weighted by molar-refractivity contribution is 5.95. The lowest BCUT2D eigenvalue weighted by atomic mass is 10.1. The predicted octanol–water partition coefficient (Wildman–Crippen LogP) is 1.70. The molecule has 1 atom stereocenters. The molecule has 0 fully saturated rings. The lowest BCUT2D eigenvalue weighted by molar-refractivity contribution is -0.116. The average Bonchev–Trinajstić information content (AvgIpc) is 2.44. The molecule has 2 amide bonds. The van der Waals surface area contributed by atoms with E-state index in [0.717, 1.165) is 6.42 Å². The van der Waals surface area contributed by atoms with E-state index < -0.39 is 0 Å². The Morgan fingerprint density at radius 3 is 2.35 bits per heavy atom. The van der Waals surface area contributed by atoms with Crippen molar-refractivity contribution in [1.82, 2.24) is 4.90 Å². The van der Waals surface area contributed by atoms with Gasteiger partial charge in [0.25, 0.3) is 5.91 Å². The number of carbonyl (C=O) groups excluding carboxylic acids is 2. The third-order valence-corrected chi connectivity index (χ3v) is 3.09. The SMILES string of the molecule is CC(CN)CCC(=O)Nc1ccc(C(=O)N(C)C)cc1. The number of hydrogen-bond acceptors (Lipinski definition) is 3. The molecule has 0 bridgehead atoms. The topological polar surface area (TPSA) is 75.4 Å². The second-order valence-corrected chi connectivity index (χ2v) is 5.20. The van der Waals surface area contributed by atoms with Crippen LogP contribution in [0.2, 0.25) is 0 Å². The number of carbonyl (C=O) groups is 2. The number of amides is 2. The van der Waals surface area contributed by atoms with Crippen molar-refractivity contribution in [3.63, 3.8) is 0 Å². The van der Waals surface area contributed by atoms with E-state index in [0.29, 0.717) is 30.1 Å². The van der Waals surface area contributed by atoms with E-state index in [1.807, 2.05) is 6.92 Å². The van der Waals surface area contributed by atoms with E-state index in [-0.39, 0.29) is 11.8 Å². The van der Waals surface area contributed by atoms with E-state index in [9.17, 15) is 9.59 Å². The Hall–Kier alpha value is -1.88. The quantitative estimate of drug-likeness (QED) is 0.831. The van der Waals surface area contributed by atoms with Crippen LogP contribution >= 0.6 is 0 Å². The molecule has 0 aliphatic rings. The van der Waals surface area contributed by atoms with Crippen molar-refractivity contribution in [1.29, 1.82) is 0 Å². The molecule has 0 saturated carbocycles. The maximum Gasteiger partial charge on any atom is 0.253 e. The van der Waals surface area contributed by atoms with Gasteiger partial charge in [-0.1, -0.05) is 6.92 Å². The van der Waals surface area contributed by atoms with Crippen LogP contribution in [0.5, 0.6) is 0 Å². The molecule has 0 spiro atoms. The molecule has 1 aromatic carbocycles. The summed E-state index contributed by atoms with van der Waals surface area (Å²) in [7, 11) is 3.41. The summed E-state index contributed by atoms with van der Waals surface area (Å²) in [6, 6.07) is 6.89.